The fourth-order valence-electron chi connectivity index (χ4n) is 8.02. The molecule has 11 aromatic rings. The van der Waals surface area contributed by atoms with E-state index in [0.717, 1.165) is 94.2 Å². The smallest absolute Gasteiger partial charge is 0.160 e. The molecule has 8 aromatic carbocycles. The van der Waals surface area contributed by atoms with E-state index in [1.165, 1.54) is 11.1 Å². The molecule has 3 heterocycles. The number of nitrogens with zero attached hydrogens (tertiary/aromatic N) is 2. The fraction of sp³-hybridized carbons (Fsp3) is 0. The second kappa shape index (κ2) is 13.1. The van der Waals surface area contributed by atoms with Gasteiger partial charge >= 0.3 is 0 Å². The zero-order valence-electron chi connectivity index (χ0n) is 30.2. The molecule has 0 saturated carbocycles. The van der Waals surface area contributed by atoms with Crippen molar-refractivity contribution in [1.29, 1.82) is 0 Å². The van der Waals surface area contributed by atoms with Gasteiger partial charge in [-0.2, -0.15) is 0 Å². The highest BCUT2D eigenvalue weighted by Gasteiger charge is 2.22. The molecule has 4 heteroatoms. The molecule has 4 nitrogen and oxygen atoms in total. The maximum Gasteiger partial charge on any atom is 0.160 e. The molecule has 0 aliphatic carbocycles. The van der Waals surface area contributed by atoms with Crippen LogP contribution < -0.4 is 0 Å². The molecule has 0 unspecified atom stereocenters. The van der Waals surface area contributed by atoms with Crippen LogP contribution in [-0.2, 0) is 0 Å². The van der Waals surface area contributed by atoms with Crippen molar-refractivity contribution >= 4 is 43.9 Å². The van der Waals surface area contributed by atoms with Crippen LogP contribution in [0.25, 0.3) is 111 Å². The first-order valence-corrected chi connectivity index (χ1v) is 18.8. The topological polar surface area (TPSA) is 52.1 Å². The average molecular weight is 717 g/mol. The van der Waals surface area contributed by atoms with Gasteiger partial charge in [0.15, 0.2) is 5.82 Å². The molecule has 0 amide bonds. The Balaban J connectivity index is 1.07. The summed E-state index contributed by atoms with van der Waals surface area (Å²) < 4.78 is 13.1. The highest BCUT2D eigenvalue weighted by molar-refractivity contribution is 6.20. The van der Waals surface area contributed by atoms with Crippen LogP contribution >= 0.6 is 0 Å². The molecule has 0 saturated heterocycles. The standard InChI is InChI=1S/C52H32N2O2/c1-3-12-33(13-4-1)34-22-24-35(25-23-34)36-26-28-38(29-27-36)52-53-44(37-14-5-2-6-15-37)32-45(54-52)41-31-30-40(51-50(41)43-17-8-10-20-47(43)56-51)39-18-11-21-48-49(39)42-16-7-9-19-46(42)55-48/h1-32H. The lowest BCUT2D eigenvalue weighted by molar-refractivity contribution is 0.668. The molecular formula is C52H32N2O2. The molecule has 56 heavy (non-hydrogen) atoms. The van der Waals surface area contributed by atoms with Gasteiger partial charge in [-0.1, -0.05) is 164 Å². The average Bonchev–Trinajstić information content (AvgIpc) is 3.86. The van der Waals surface area contributed by atoms with Crippen LogP contribution in [-0.4, -0.2) is 9.97 Å². The van der Waals surface area contributed by atoms with Gasteiger partial charge in [-0.3, -0.25) is 0 Å². The van der Waals surface area contributed by atoms with E-state index in [0.29, 0.717) is 5.82 Å². The number of rotatable bonds is 6. The number of furan rings is 2. The highest BCUT2D eigenvalue weighted by Crippen LogP contribution is 2.45. The molecule has 3 aromatic heterocycles. The number of para-hydroxylation sites is 2. The number of hydrogen-bond donors (Lipinski definition) is 0. The van der Waals surface area contributed by atoms with E-state index in [-0.39, 0.29) is 0 Å². The Kier molecular flexibility index (Phi) is 7.46. The molecule has 0 bridgehead atoms. The summed E-state index contributed by atoms with van der Waals surface area (Å²) in [7, 11) is 0. The largest absolute Gasteiger partial charge is 0.456 e. The Morgan fingerprint density at radius 1 is 0.304 bits per heavy atom. The molecule has 262 valence electrons. The van der Waals surface area contributed by atoms with Crippen LogP contribution in [0.1, 0.15) is 0 Å². The van der Waals surface area contributed by atoms with E-state index in [4.69, 9.17) is 18.8 Å². The lowest BCUT2D eigenvalue weighted by Gasteiger charge is -2.12. The van der Waals surface area contributed by atoms with Crippen molar-refractivity contribution < 1.29 is 8.83 Å². The molecule has 11 rings (SSSR count). The fourth-order valence-corrected chi connectivity index (χ4v) is 8.02. The normalized spacial score (nSPS) is 11.6. The predicted octanol–water partition coefficient (Wildman–Crippen LogP) is 14.3. The Hall–Kier alpha value is -7.56. The summed E-state index contributed by atoms with van der Waals surface area (Å²) in [5.74, 6) is 0.659. The number of aromatic nitrogens is 2. The summed E-state index contributed by atoms with van der Waals surface area (Å²) in [5, 5.41) is 4.20. The van der Waals surface area contributed by atoms with E-state index in [9.17, 15) is 0 Å². The van der Waals surface area contributed by atoms with Crippen LogP contribution in [0.3, 0.4) is 0 Å². The summed E-state index contributed by atoms with van der Waals surface area (Å²) in [6, 6.07) is 67.2. The van der Waals surface area contributed by atoms with Crippen molar-refractivity contribution in [2.24, 2.45) is 0 Å². The summed E-state index contributed by atoms with van der Waals surface area (Å²) in [6.45, 7) is 0. The molecule has 0 fully saturated rings. The van der Waals surface area contributed by atoms with Crippen molar-refractivity contribution in [2.75, 3.05) is 0 Å². The summed E-state index contributed by atoms with van der Waals surface area (Å²) >= 11 is 0. The van der Waals surface area contributed by atoms with Crippen molar-refractivity contribution in [2.45, 2.75) is 0 Å². The Labute approximate surface area is 323 Å². The maximum absolute atomic E-state index is 6.78. The lowest BCUT2D eigenvalue weighted by atomic mass is 9.94. The minimum absolute atomic E-state index is 0.659. The third-order valence-electron chi connectivity index (χ3n) is 10.8. The summed E-state index contributed by atoms with van der Waals surface area (Å²) in [4.78, 5) is 10.5. The van der Waals surface area contributed by atoms with Gasteiger partial charge in [0, 0.05) is 43.8 Å². The van der Waals surface area contributed by atoms with Crippen molar-refractivity contribution in [1.82, 2.24) is 9.97 Å². The van der Waals surface area contributed by atoms with Gasteiger partial charge in [0.1, 0.15) is 22.3 Å². The van der Waals surface area contributed by atoms with E-state index in [2.05, 4.69) is 140 Å². The summed E-state index contributed by atoms with van der Waals surface area (Å²) in [6.07, 6.45) is 0. The first-order valence-electron chi connectivity index (χ1n) is 18.8. The minimum atomic E-state index is 0.659. The maximum atomic E-state index is 6.78. The van der Waals surface area contributed by atoms with Crippen LogP contribution in [0.4, 0.5) is 0 Å². The van der Waals surface area contributed by atoms with Crippen molar-refractivity contribution in [3.63, 3.8) is 0 Å². The third kappa shape index (κ3) is 5.39. The first-order chi connectivity index (χ1) is 27.7. The molecular weight excluding hydrogens is 685 g/mol. The van der Waals surface area contributed by atoms with Crippen LogP contribution in [0.5, 0.6) is 0 Å². The van der Waals surface area contributed by atoms with E-state index in [1.807, 2.05) is 54.6 Å². The van der Waals surface area contributed by atoms with Gasteiger partial charge in [-0.25, -0.2) is 9.97 Å². The zero-order valence-corrected chi connectivity index (χ0v) is 30.2. The van der Waals surface area contributed by atoms with Crippen LogP contribution in [0.15, 0.2) is 203 Å². The van der Waals surface area contributed by atoms with Gasteiger partial charge in [-0.15, -0.1) is 0 Å². The molecule has 0 atom stereocenters. The second-order valence-corrected chi connectivity index (χ2v) is 14.1. The highest BCUT2D eigenvalue weighted by atomic mass is 16.3. The molecule has 0 N–H and O–H groups in total. The summed E-state index contributed by atoms with van der Waals surface area (Å²) in [5.41, 5.74) is 14.7. The molecule has 0 spiro atoms. The Morgan fingerprint density at radius 3 is 1.48 bits per heavy atom. The number of benzene rings is 8. The zero-order chi connectivity index (χ0) is 37.0. The van der Waals surface area contributed by atoms with Gasteiger partial charge in [0.05, 0.1) is 11.4 Å². The molecule has 0 radical (unpaired) electrons. The SMILES string of the molecule is c1ccc(-c2ccc(-c3ccc(-c4nc(-c5ccccc5)cc(-c5ccc(-c6cccc7oc8ccccc8c67)c6oc7ccccc7c56)n4)cc3)cc2)cc1. The number of hydrogen-bond acceptors (Lipinski definition) is 4. The predicted molar refractivity (Wildman–Crippen MR) is 229 cm³/mol. The van der Waals surface area contributed by atoms with E-state index >= 15 is 0 Å². The Bertz CT molecular complexity index is 3220. The Morgan fingerprint density at radius 2 is 0.804 bits per heavy atom. The molecule has 0 aliphatic heterocycles. The number of fused-ring (bicyclic) bond motifs is 6. The van der Waals surface area contributed by atoms with Crippen LogP contribution in [0, 0.1) is 0 Å². The van der Waals surface area contributed by atoms with Gasteiger partial charge < -0.3 is 8.83 Å². The quantitative estimate of drug-likeness (QED) is 0.172. The monoisotopic (exact) mass is 716 g/mol. The first kappa shape index (κ1) is 31.9. The third-order valence-corrected chi connectivity index (χ3v) is 10.8. The second-order valence-electron chi connectivity index (χ2n) is 14.1. The van der Waals surface area contributed by atoms with Crippen molar-refractivity contribution in [3.05, 3.63) is 194 Å². The molecule has 0 aliphatic rings. The van der Waals surface area contributed by atoms with E-state index in [1.54, 1.807) is 0 Å². The van der Waals surface area contributed by atoms with Gasteiger partial charge in [0.2, 0.25) is 0 Å². The van der Waals surface area contributed by atoms with E-state index < -0.39 is 0 Å². The van der Waals surface area contributed by atoms with Crippen molar-refractivity contribution in [3.8, 4) is 67.3 Å². The van der Waals surface area contributed by atoms with Gasteiger partial charge in [0.25, 0.3) is 0 Å². The van der Waals surface area contributed by atoms with Crippen LogP contribution in [0.2, 0.25) is 0 Å². The lowest BCUT2D eigenvalue weighted by Crippen LogP contribution is -1.96. The van der Waals surface area contributed by atoms with Gasteiger partial charge in [-0.05, 0) is 58.1 Å². The minimum Gasteiger partial charge on any atom is -0.456 e.